The number of nitrogens with zero attached hydrogens (tertiary/aromatic N) is 1. The van der Waals surface area contributed by atoms with Gasteiger partial charge in [-0.2, -0.15) is 5.26 Å². The Kier molecular flexibility index (Phi) is 4.65. The van der Waals surface area contributed by atoms with E-state index in [2.05, 4.69) is 21.2 Å². The maximum Gasteiger partial charge on any atom is 0.266 e. The summed E-state index contributed by atoms with van der Waals surface area (Å²) in [6, 6.07) is 10.8. The van der Waals surface area contributed by atoms with Gasteiger partial charge in [0, 0.05) is 16.6 Å². The van der Waals surface area contributed by atoms with E-state index in [-0.39, 0.29) is 5.57 Å². The lowest BCUT2D eigenvalue weighted by Gasteiger charge is -2.18. The Labute approximate surface area is 145 Å². The van der Waals surface area contributed by atoms with Crippen molar-refractivity contribution < 1.29 is 14.3 Å². The number of anilines is 1. The van der Waals surface area contributed by atoms with Crippen molar-refractivity contribution in [3.05, 3.63) is 44.6 Å². The smallest absolute Gasteiger partial charge is 0.266 e. The van der Waals surface area contributed by atoms with E-state index in [0.717, 1.165) is 8.66 Å². The number of thiophene rings is 1. The van der Waals surface area contributed by atoms with Gasteiger partial charge in [-0.1, -0.05) is 0 Å². The van der Waals surface area contributed by atoms with Crippen LogP contribution in [0.15, 0.2) is 39.7 Å². The number of carbonyl (C=O) groups excluding carboxylic acids is 1. The van der Waals surface area contributed by atoms with E-state index in [1.807, 2.05) is 18.2 Å². The second-order valence-corrected chi connectivity index (χ2v) is 7.12. The van der Waals surface area contributed by atoms with Gasteiger partial charge in [0.1, 0.15) is 24.9 Å². The molecule has 23 heavy (non-hydrogen) atoms. The van der Waals surface area contributed by atoms with Crippen molar-refractivity contribution in [3.63, 3.8) is 0 Å². The summed E-state index contributed by atoms with van der Waals surface area (Å²) in [6.45, 7) is 0.984. The average molecular weight is 391 g/mol. The first-order valence-corrected chi connectivity index (χ1v) is 8.35. The van der Waals surface area contributed by atoms with Crippen molar-refractivity contribution in [1.29, 1.82) is 5.26 Å². The second kappa shape index (κ2) is 6.86. The van der Waals surface area contributed by atoms with E-state index >= 15 is 0 Å². The number of hydrogen-bond acceptors (Lipinski definition) is 5. The highest BCUT2D eigenvalue weighted by Gasteiger charge is 2.14. The van der Waals surface area contributed by atoms with Crippen LogP contribution in [0, 0.1) is 11.3 Å². The van der Waals surface area contributed by atoms with Gasteiger partial charge >= 0.3 is 0 Å². The summed E-state index contributed by atoms with van der Waals surface area (Å²) in [4.78, 5) is 13.1. The van der Waals surface area contributed by atoms with Gasteiger partial charge in [-0.3, -0.25) is 4.79 Å². The molecule has 0 saturated carbocycles. The molecule has 0 radical (unpaired) electrons. The third kappa shape index (κ3) is 3.73. The molecule has 116 valence electrons. The Morgan fingerprint density at radius 1 is 1.26 bits per heavy atom. The number of halogens is 1. The van der Waals surface area contributed by atoms with Crippen LogP contribution in [-0.4, -0.2) is 19.1 Å². The fourth-order valence-corrected chi connectivity index (χ4v) is 3.38. The van der Waals surface area contributed by atoms with Crippen LogP contribution in [0.3, 0.4) is 0 Å². The van der Waals surface area contributed by atoms with E-state index in [1.54, 1.807) is 24.3 Å². The third-order valence-electron chi connectivity index (χ3n) is 3.05. The molecule has 1 aliphatic heterocycles. The molecule has 1 N–H and O–H groups in total. The van der Waals surface area contributed by atoms with E-state index in [9.17, 15) is 10.1 Å². The molecular weight excluding hydrogens is 380 g/mol. The summed E-state index contributed by atoms with van der Waals surface area (Å²) in [5.74, 6) is 0.765. The molecule has 0 fully saturated rings. The largest absolute Gasteiger partial charge is 0.486 e. The predicted molar refractivity (Wildman–Crippen MR) is 91.7 cm³/mol. The van der Waals surface area contributed by atoms with Gasteiger partial charge < -0.3 is 14.8 Å². The molecule has 7 heteroatoms. The van der Waals surface area contributed by atoms with Crippen LogP contribution in [0.5, 0.6) is 11.5 Å². The standard InChI is InChI=1S/C16H11BrN2O3S/c17-15-4-2-12(23-15)7-10(9-18)16(20)19-11-1-3-13-14(8-11)22-6-5-21-13/h1-4,7-8H,5-6H2,(H,19,20)/b10-7+. The van der Waals surface area contributed by atoms with Crippen LogP contribution in [0.4, 0.5) is 5.69 Å². The predicted octanol–water partition coefficient (Wildman–Crippen LogP) is 3.83. The molecule has 5 nitrogen and oxygen atoms in total. The molecule has 1 aromatic carbocycles. The number of nitriles is 1. The summed E-state index contributed by atoms with van der Waals surface area (Å²) in [6.07, 6.45) is 1.56. The van der Waals surface area contributed by atoms with Gasteiger partial charge in [0.2, 0.25) is 0 Å². The molecule has 1 amide bonds. The Morgan fingerprint density at radius 2 is 2.04 bits per heavy atom. The highest BCUT2D eigenvalue weighted by atomic mass is 79.9. The molecule has 0 atom stereocenters. The van der Waals surface area contributed by atoms with Gasteiger partial charge in [-0.05, 0) is 46.3 Å². The zero-order valence-corrected chi connectivity index (χ0v) is 14.2. The third-order valence-corrected chi connectivity index (χ3v) is 4.62. The highest BCUT2D eigenvalue weighted by molar-refractivity contribution is 9.11. The van der Waals surface area contributed by atoms with Crippen molar-refractivity contribution in [3.8, 4) is 17.6 Å². The Morgan fingerprint density at radius 3 is 2.74 bits per heavy atom. The summed E-state index contributed by atoms with van der Waals surface area (Å²) in [7, 11) is 0. The lowest BCUT2D eigenvalue weighted by molar-refractivity contribution is -0.112. The Balaban J connectivity index is 1.77. The lowest BCUT2D eigenvalue weighted by Crippen LogP contribution is -2.17. The quantitative estimate of drug-likeness (QED) is 0.638. The topological polar surface area (TPSA) is 71.4 Å². The molecule has 0 spiro atoms. The minimum atomic E-state index is -0.464. The van der Waals surface area contributed by atoms with Gasteiger partial charge in [0.15, 0.2) is 11.5 Å². The summed E-state index contributed by atoms with van der Waals surface area (Å²) in [5.41, 5.74) is 0.585. The van der Waals surface area contributed by atoms with E-state index in [1.165, 1.54) is 11.3 Å². The van der Waals surface area contributed by atoms with Gasteiger partial charge in [0.05, 0.1) is 3.79 Å². The molecule has 0 aliphatic carbocycles. The summed E-state index contributed by atoms with van der Waals surface area (Å²) >= 11 is 4.80. The van der Waals surface area contributed by atoms with Crippen molar-refractivity contribution in [2.45, 2.75) is 0 Å². The van der Waals surface area contributed by atoms with Crippen LogP contribution in [0.2, 0.25) is 0 Å². The first-order valence-electron chi connectivity index (χ1n) is 6.74. The van der Waals surface area contributed by atoms with E-state index in [0.29, 0.717) is 30.4 Å². The van der Waals surface area contributed by atoms with Crippen LogP contribution in [0.1, 0.15) is 4.88 Å². The molecule has 2 heterocycles. The summed E-state index contributed by atoms with van der Waals surface area (Å²) in [5, 5.41) is 11.9. The van der Waals surface area contributed by atoms with E-state index in [4.69, 9.17) is 9.47 Å². The fraction of sp³-hybridized carbons (Fsp3) is 0.125. The SMILES string of the molecule is N#C/C(=C\c1ccc(Br)s1)C(=O)Nc1ccc2c(c1)OCCO2. The monoisotopic (exact) mass is 390 g/mol. The summed E-state index contributed by atoms with van der Waals surface area (Å²) < 4.78 is 11.8. The maximum atomic E-state index is 12.2. The number of carbonyl (C=O) groups is 1. The van der Waals surface area contributed by atoms with Crippen LogP contribution in [-0.2, 0) is 4.79 Å². The number of hydrogen-bond donors (Lipinski definition) is 1. The number of fused-ring (bicyclic) bond motifs is 1. The molecule has 2 aromatic rings. The maximum absolute atomic E-state index is 12.2. The second-order valence-electron chi connectivity index (χ2n) is 4.62. The molecule has 3 rings (SSSR count). The number of rotatable bonds is 3. The number of ether oxygens (including phenoxy) is 2. The molecular formula is C16H11BrN2O3S. The van der Waals surface area contributed by atoms with Crippen molar-refractivity contribution in [1.82, 2.24) is 0 Å². The number of nitrogens with one attached hydrogen (secondary N) is 1. The van der Waals surface area contributed by atoms with Gasteiger partial charge in [-0.15, -0.1) is 11.3 Å². The minimum absolute atomic E-state index is 0.0363. The molecule has 0 bridgehead atoms. The number of amides is 1. The molecule has 1 aliphatic rings. The average Bonchev–Trinajstić information content (AvgIpc) is 2.97. The minimum Gasteiger partial charge on any atom is -0.486 e. The zero-order chi connectivity index (χ0) is 16.2. The van der Waals surface area contributed by atoms with Gasteiger partial charge in [-0.25, -0.2) is 0 Å². The van der Waals surface area contributed by atoms with Gasteiger partial charge in [0.25, 0.3) is 5.91 Å². The van der Waals surface area contributed by atoms with Crippen molar-refractivity contribution >= 4 is 44.9 Å². The molecule has 0 unspecified atom stereocenters. The highest BCUT2D eigenvalue weighted by Crippen LogP contribution is 2.32. The van der Waals surface area contributed by atoms with Crippen LogP contribution in [0.25, 0.3) is 6.08 Å². The Bertz CT molecular complexity index is 823. The molecule has 0 saturated heterocycles. The lowest BCUT2D eigenvalue weighted by atomic mass is 10.2. The van der Waals surface area contributed by atoms with Crippen molar-refractivity contribution in [2.75, 3.05) is 18.5 Å². The fourth-order valence-electron chi connectivity index (χ4n) is 2.02. The zero-order valence-electron chi connectivity index (χ0n) is 11.8. The molecule has 1 aromatic heterocycles. The van der Waals surface area contributed by atoms with Crippen LogP contribution >= 0.6 is 27.3 Å². The first kappa shape index (κ1) is 15.6. The number of benzene rings is 1. The Hall–Kier alpha value is -2.30. The van der Waals surface area contributed by atoms with Crippen LogP contribution < -0.4 is 14.8 Å². The first-order chi connectivity index (χ1) is 11.2. The van der Waals surface area contributed by atoms with E-state index < -0.39 is 5.91 Å². The van der Waals surface area contributed by atoms with Crippen molar-refractivity contribution in [2.24, 2.45) is 0 Å². The normalized spacial score (nSPS) is 13.3.